The number of fused-ring (bicyclic) bond motifs is 2. The van der Waals surface area contributed by atoms with Gasteiger partial charge in [-0.15, -0.1) is 0 Å². The highest BCUT2D eigenvalue weighted by molar-refractivity contribution is 7.91. The van der Waals surface area contributed by atoms with Crippen LogP contribution >= 0.6 is 0 Å². The Morgan fingerprint density at radius 3 is 2.72 bits per heavy atom. The Hall–Kier alpha value is -3.69. The first-order valence-electron chi connectivity index (χ1n) is 11.7. The minimum Gasteiger partial charge on any atom is -0.376 e. The normalized spacial score (nSPS) is 14.9. The Morgan fingerprint density at radius 2 is 1.89 bits per heavy atom. The maximum Gasteiger partial charge on any atom is 0.251 e. The largest absolute Gasteiger partial charge is 0.376 e. The molecule has 0 atom stereocenters. The van der Waals surface area contributed by atoms with E-state index in [0.717, 1.165) is 28.0 Å². The lowest BCUT2D eigenvalue weighted by Crippen LogP contribution is -2.23. The van der Waals surface area contributed by atoms with Crippen molar-refractivity contribution < 1.29 is 17.9 Å². The van der Waals surface area contributed by atoms with Gasteiger partial charge in [-0.1, -0.05) is 26.0 Å². The fourth-order valence-electron chi connectivity index (χ4n) is 4.05. The first kappa shape index (κ1) is 24.0. The van der Waals surface area contributed by atoms with Gasteiger partial charge in [0.2, 0.25) is 0 Å². The second kappa shape index (κ2) is 9.75. The Kier molecular flexibility index (Phi) is 6.51. The van der Waals surface area contributed by atoms with Gasteiger partial charge in [-0.3, -0.25) is 14.8 Å². The molecule has 0 unspecified atom stereocenters. The van der Waals surface area contributed by atoms with Crippen LogP contribution in [0.25, 0.3) is 22.3 Å². The molecule has 1 amide bonds. The lowest BCUT2D eigenvalue weighted by atomic mass is 10.1. The summed E-state index contributed by atoms with van der Waals surface area (Å²) in [6.07, 6.45) is 1.72. The highest BCUT2D eigenvalue weighted by atomic mass is 32.2. The van der Waals surface area contributed by atoms with Crippen LogP contribution in [0.2, 0.25) is 0 Å². The fourth-order valence-corrected chi connectivity index (χ4v) is 5.44. The zero-order valence-corrected chi connectivity index (χ0v) is 20.9. The van der Waals surface area contributed by atoms with E-state index < -0.39 is 9.84 Å². The van der Waals surface area contributed by atoms with Crippen molar-refractivity contribution >= 4 is 26.6 Å². The number of rotatable bonds is 5. The van der Waals surface area contributed by atoms with Crippen molar-refractivity contribution in [2.75, 3.05) is 12.4 Å². The summed E-state index contributed by atoms with van der Waals surface area (Å²) in [4.78, 5) is 26.9. The molecule has 5 rings (SSSR count). The monoisotopic (exact) mass is 502 g/mol. The van der Waals surface area contributed by atoms with E-state index in [1.54, 1.807) is 18.3 Å². The zero-order valence-electron chi connectivity index (χ0n) is 20.1. The van der Waals surface area contributed by atoms with Gasteiger partial charge in [-0.05, 0) is 53.9 Å². The quantitative estimate of drug-likeness (QED) is 0.438. The molecule has 0 radical (unpaired) electrons. The van der Waals surface area contributed by atoms with Crippen LogP contribution in [0.1, 0.15) is 47.1 Å². The maximum absolute atomic E-state index is 12.8. The molecular weight excluding hydrogens is 476 g/mol. The Labute approximate surface area is 209 Å². The molecule has 0 saturated heterocycles. The van der Waals surface area contributed by atoms with E-state index in [1.165, 1.54) is 6.07 Å². The Balaban J connectivity index is 1.35. The molecule has 36 heavy (non-hydrogen) atoms. The first-order valence-corrected chi connectivity index (χ1v) is 13.4. The van der Waals surface area contributed by atoms with E-state index in [1.807, 2.05) is 36.4 Å². The molecule has 1 aromatic carbocycles. The molecule has 0 saturated carbocycles. The molecule has 3 aromatic heterocycles. The summed E-state index contributed by atoms with van der Waals surface area (Å²) in [5, 5.41) is 3.71. The van der Waals surface area contributed by atoms with Gasteiger partial charge in [-0.25, -0.2) is 13.4 Å². The van der Waals surface area contributed by atoms with Crippen LogP contribution in [0, 0.1) is 0 Å². The molecule has 0 fully saturated rings. The van der Waals surface area contributed by atoms with E-state index in [4.69, 9.17) is 14.7 Å². The standard InChI is InChI=1S/C27H26N4O4S/c1-17(2)22-4-3-5-23(30-22)24-9-8-19-14-28-21(13-25(19)31-24)15-29-27(32)18-6-7-20-16-35-10-11-36(33,34)26(20)12-18/h3-9,12-14,17H,10-11,15-16H2,1-2H3,(H,29,32). The SMILES string of the molecule is CC(C)c1cccc(-c2ccc3cnc(CNC(=O)c4ccc5c(c4)S(=O)(=O)CCOC5)cc3n2)n1. The molecule has 8 nitrogen and oxygen atoms in total. The molecule has 9 heteroatoms. The van der Waals surface area contributed by atoms with Crippen LogP contribution in [-0.2, 0) is 27.7 Å². The van der Waals surface area contributed by atoms with Crippen molar-refractivity contribution in [2.45, 2.75) is 37.8 Å². The van der Waals surface area contributed by atoms with Crippen molar-refractivity contribution in [3.05, 3.63) is 83.3 Å². The van der Waals surface area contributed by atoms with Gasteiger partial charge in [0.25, 0.3) is 5.91 Å². The highest BCUT2D eigenvalue weighted by Gasteiger charge is 2.23. The summed E-state index contributed by atoms with van der Waals surface area (Å²) >= 11 is 0. The van der Waals surface area contributed by atoms with Gasteiger partial charge in [0, 0.05) is 22.8 Å². The van der Waals surface area contributed by atoms with Gasteiger partial charge in [0.1, 0.15) is 0 Å². The predicted molar refractivity (Wildman–Crippen MR) is 136 cm³/mol. The van der Waals surface area contributed by atoms with Gasteiger partial charge in [-0.2, -0.15) is 0 Å². The first-order chi connectivity index (χ1) is 17.3. The van der Waals surface area contributed by atoms with Crippen molar-refractivity contribution in [3.8, 4) is 11.4 Å². The van der Waals surface area contributed by atoms with E-state index in [0.29, 0.717) is 17.2 Å². The number of benzene rings is 1. The van der Waals surface area contributed by atoms with Gasteiger partial charge >= 0.3 is 0 Å². The highest BCUT2D eigenvalue weighted by Crippen LogP contribution is 2.24. The molecule has 4 aromatic rings. The number of nitrogens with one attached hydrogen (secondary N) is 1. The molecule has 1 N–H and O–H groups in total. The molecule has 184 valence electrons. The second-order valence-corrected chi connectivity index (χ2v) is 11.1. The number of ether oxygens (including phenoxy) is 1. The fraction of sp³-hybridized carbons (Fsp3) is 0.259. The summed E-state index contributed by atoms with van der Waals surface area (Å²) in [5.74, 6) is -0.160. The van der Waals surface area contributed by atoms with Gasteiger partial charge in [0.05, 0.1) is 53.0 Å². The Morgan fingerprint density at radius 1 is 1.06 bits per heavy atom. The number of pyridine rings is 3. The topological polar surface area (TPSA) is 111 Å². The van der Waals surface area contributed by atoms with Crippen LogP contribution in [0.15, 0.2) is 65.7 Å². The van der Waals surface area contributed by atoms with Crippen molar-refractivity contribution in [1.82, 2.24) is 20.3 Å². The smallest absolute Gasteiger partial charge is 0.251 e. The number of carbonyl (C=O) groups is 1. The van der Waals surface area contributed by atoms with E-state index in [-0.39, 0.29) is 41.9 Å². The minimum absolute atomic E-state index is 0.0989. The molecule has 0 aliphatic carbocycles. The third-order valence-corrected chi connectivity index (χ3v) is 7.86. The summed E-state index contributed by atoms with van der Waals surface area (Å²) in [7, 11) is -3.49. The predicted octanol–water partition coefficient (Wildman–Crippen LogP) is 4.05. The van der Waals surface area contributed by atoms with Crippen molar-refractivity contribution in [2.24, 2.45) is 0 Å². The van der Waals surface area contributed by atoms with Crippen molar-refractivity contribution in [3.63, 3.8) is 0 Å². The summed E-state index contributed by atoms with van der Waals surface area (Å²) in [6.45, 7) is 4.73. The van der Waals surface area contributed by atoms with Crippen LogP contribution in [0.3, 0.4) is 0 Å². The van der Waals surface area contributed by atoms with Gasteiger partial charge < -0.3 is 10.1 Å². The number of nitrogens with zero attached hydrogens (tertiary/aromatic N) is 3. The van der Waals surface area contributed by atoms with E-state index in [9.17, 15) is 13.2 Å². The number of sulfone groups is 1. The third-order valence-electron chi connectivity index (χ3n) is 6.10. The lowest BCUT2D eigenvalue weighted by Gasteiger charge is -2.10. The number of hydrogen-bond acceptors (Lipinski definition) is 7. The summed E-state index contributed by atoms with van der Waals surface area (Å²) in [5.41, 5.74) is 4.80. The summed E-state index contributed by atoms with van der Waals surface area (Å²) < 4.78 is 30.4. The Bertz CT molecular complexity index is 1570. The molecule has 1 aliphatic rings. The van der Waals surface area contributed by atoms with Crippen LogP contribution in [0.4, 0.5) is 0 Å². The number of amides is 1. The second-order valence-electron chi connectivity index (χ2n) is 9.04. The molecule has 4 heterocycles. The van der Waals surface area contributed by atoms with E-state index in [2.05, 4.69) is 24.1 Å². The minimum atomic E-state index is -3.49. The lowest BCUT2D eigenvalue weighted by molar-refractivity contribution is 0.0950. The van der Waals surface area contributed by atoms with E-state index >= 15 is 0 Å². The number of aromatic nitrogens is 3. The van der Waals surface area contributed by atoms with Crippen LogP contribution < -0.4 is 5.32 Å². The molecule has 0 spiro atoms. The average Bonchev–Trinajstić information content (AvgIpc) is 3.04. The average molecular weight is 503 g/mol. The van der Waals surface area contributed by atoms with Crippen LogP contribution in [0.5, 0.6) is 0 Å². The maximum atomic E-state index is 12.8. The summed E-state index contributed by atoms with van der Waals surface area (Å²) in [6, 6.07) is 16.3. The van der Waals surface area contributed by atoms with Crippen LogP contribution in [-0.4, -0.2) is 41.6 Å². The van der Waals surface area contributed by atoms with Crippen molar-refractivity contribution in [1.29, 1.82) is 0 Å². The zero-order chi connectivity index (χ0) is 25.3. The third kappa shape index (κ3) is 4.98. The van der Waals surface area contributed by atoms with Gasteiger partial charge in [0.15, 0.2) is 9.84 Å². The molecule has 1 aliphatic heterocycles. The number of carbonyl (C=O) groups excluding carboxylic acids is 1. The number of hydrogen-bond donors (Lipinski definition) is 1. The molecule has 0 bridgehead atoms. The molecular formula is C27H26N4O4S.